The molecule has 0 radical (unpaired) electrons. The molecule has 10 heteroatoms. The Hall–Kier alpha value is -2.97. The summed E-state index contributed by atoms with van der Waals surface area (Å²) in [6, 6.07) is 14.7. The Morgan fingerprint density at radius 1 is 0.932 bits per heavy atom. The highest BCUT2D eigenvalue weighted by molar-refractivity contribution is 6.37. The first-order valence-electron chi connectivity index (χ1n) is 15.0. The highest BCUT2D eigenvalue weighted by Crippen LogP contribution is 2.34. The molecule has 2 fully saturated rings. The van der Waals surface area contributed by atoms with Crippen LogP contribution >= 0.6 is 34.8 Å². The van der Waals surface area contributed by atoms with Gasteiger partial charge in [-0.25, -0.2) is 0 Å². The maximum absolute atomic E-state index is 14.0. The van der Waals surface area contributed by atoms with Crippen LogP contribution in [0.25, 0.3) is 0 Å². The molecule has 0 aromatic heterocycles. The van der Waals surface area contributed by atoms with E-state index in [1.807, 2.05) is 17.9 Å². The number of benzene rings is 3. The lowest BCUT2D eigenvalue weighted by molar-refractivity contribution is -0.138. The minimum Gasteiger partial charge on any atom is -0.490 e. The second kappa shape index (κ2) is 14.4. The summed E-state index contributed by atoms with van der Waals surface area (Å²) in [6.07, 6.45) is 2.67. The third kappa shape index (κ3) is 7.81. The zero-order valence-corrected chi connectivity index (χ0v) is 27.5. The molecule has 0 bridgehead atoms. The van der Waals surface area contributed by atoms with E-state index in [-0.39, 0.29) is 48.1 Å². The zero-order chi connectivity index (χ0) is 31.4. The molecule has 1 saturated heterocycles. The van der Waals surface area contributed by atoms with Crippen molar-refractivity contribution in [3.8, 4) is 11.5 Å². The van der Waals surface area contributed by atoms with Crippen LogP contribution in [-0.4, -0.2) is 55.1 Å². The standard InChI is InChI=1S/C34H38Cl3N3O4/c1-20-15-29(36)32(30(37)16-20)44-14-13-43-25-9-10-26(28(35)17-25)33(41)39-31-11-12-38-18-27(31)34(42)40(24-7-8-24)19-23-6-4-5-21(2)22(23)3/h4-6,9-10,15-17,24,27,31,38H,7-8,11-14,18-19H2,1-3H3,(H,39,41). The van der Waals surface area contributed by atoms with Crippen molar-refractivity contribution in [2.24, 2.45) is 5.92 Å². The number of ether oxygens (including phenoxy) is 2. The molecular formula is C34H38Cl3N3O4. The number of amides is 2. The van der Waals surface area contributed by atoms with E-state index in [4.69, 9.17) is 44.3 Å². The summed E-state index contributed by atoms with van der Waals surface area (Å²) in [5, 5.41) is 7.60. The van der Waals surface area contributed by atoms with E-state index in [1.165, 1.54) is 11.1 Å². The Morgan fingerprint density at radius 2 is 1.66 bits per heavy atom. The molecule has 44 heavy (non-hydrogen) atoms. The van der Waals surface area contributed by atoms with Crippen molar-refractivity contribution in [2.75, 3.05) is 26.3 Å². The Kier molecular flexibility index (Phi) is 10.6. The first-order valence-corrected chi connectivity index (χ1v) is 16.1. The number of carbonyl (C=O) groups excluding carboxylic acids is 2. The van der Waals surface area contributed by atoms with E-state index in [0.29, 0.717) is 46.6 Å². The maximum atomic E-state index is 14.0. The van der Waals surface area contributed by atoms with Gasteiger partial charge in [-0.15, -0.1) is 0 Å². The number of aryl methyl sites for hydroxylation is 2. The van der Waals surface area contributed by atoms with Gasteiger partial charge < -0.3 is 25.0 Å². The SMILES string of the molecule is Cc1cc(Cl)c(OCCOc2ccc(C(=O)NC3CCNCC3C(=O)N(Cc3cccc(C)c3C)C3CC3)c(Cl)c2)c(Cl)c1. The summed E-state index contributed by atoms with van der Waals surface area (Å²) in [7, 11) is 0. The van der Waals surface area contributed by atoms with Gasteiger partial charge in [-0.1, -0.05) is 53.0 Å². The van der Waals surface area contributed by atoms with Crippen molar-refractivity contribution in [3.05, 3.63) is 91.4 Å². The fourth-order valence-electron chi connectivity index (χ4n) is 5.59. The lowest BCUT2D eigenvalue weighted by atomic mass is 9.91. The molecule has 234 valence electrons. The van der Waals surface area contributed by atoms with E-state index >= 15 is 0 Å². The van der Waals surface area contributed by atoms with Crippen LogP contribution in [0.1, 0.15) is 51.9 Å². The summed E-state index contributed by atoms with van der Waals surface area (Å²) < 4.78 is 11.5. The Morgan fingerprint density at radius 3 is 2.36 bits per heavy atom. The molecule has 3 aromatic rings. The van der Waals surface area contributed by atoms with Crippen LogP contribution in [0, 0.1) is 26.7 Å². The third-order valence-corrected chi connectivity index (χ3v) is 9.24. The molecule has 2 aliphatic rings. The monoisotopic (exact) mass is 657 g/mol. The van der Waals surface area contributed by atoms with Crippen molar-refractivity contribution in [2.45, 2.75) is 58.7 Å². The molecule has 2 atom stereocenters. The Bertz CT molecular complexity index is 1500. The number of piperidine rings is 1. The fourth-order valence-corrected chi connectivity index (χ4v) is 6.55. The quantitative estimate of drug-likeness (QED) is 0.219. The maximum Gasteiger partial charge on any atom is 0.253 e. The van der Waals surface area contributed by atoms with Gasteiger partial charge in [-0.3, -0.25) is 9.59 Å². The number of hydrogen-bond acceptors (Lipinski definition) is 5. The van der Waals surface area contributed by atoms with Crippen LogP contribution < -0.4 is 20.1 Å². The molecule has 2 unspecified atom stereocenters. The zero-order valence-electron chi connectivity index (χ0n) is 25.2. The first kappa shape index (κ1) is 32.4. The molecule has 5 rings (SSSR count). The molecule has 2 N–H and O–H groups in total. The van der Waals surface area contributed by atoms with E-state index in [1.54, 1.807) is 30.3 Å². The van der Waals surface area contributed by atoms with Crippen LogP contribution in [0.15, 0.2) is 48.5 Å². The largest absolute Gasteiger partial charge is 0.490 e. The summed E-state index contributed by atoms with van der Waals surface area (Å²) >= 11 is 19.0. The van der Waals surface area contributed by atoms with Gasteiger partial charge in [0.25, 0.3) is 5.91 Å². The molecule has 1 heterocycles. The molecular weight excluding hydrogens is 621 g/mol. The Labute approximate surface area is 274 Å². The predicted octanol–water partition coefficient (Wildman–Crippen LogP) is 6.93. The lowest BCUT2D eigenvalue weighted by Crippen LogP contribution is -2.55. The van der Waals surface area contributed by atoms with Crippen LogP contribution in [0.3, 0.4) is 0 Å². The predicted molar refractivity (Wildman–Crippen MR) is 175 cm³/mol. The number of nitrogens with one attached hydrogen (secondary N) is 2. The van der Waals surface area contributed by atoms with E-state index < -0.39 is 0 Å². The van der Waals surface area contributed by atoms with Gasteiger partial charge >= 0.3 is 0 Å². The van der Waals surface area contributed by atoms with Crippen molar-refractivity contribution in [1.82, 2.24) is 15.5 Å². The van der Waals surface area contributed by atoms with Crippen molar-refractivity contribution >= 4 is 46.6 Å². The van der Waals surface area contributed by atoms with Crippen molar-refractivity contribution < 1.29 is 19.1 Å². The van der Waals surface area contributed by atoms with Gasteiger partial charge in [-0.05, 0) is 99.2 Å². The Balaban J connectivity index is 1.19. The van der Waals surface area contributed by atoms with E-state index in [2.05, 4.69) is 36.6 Å². The molecule has 1 saturated carbocycles. The normalized spacial score (nSPS) is 18.0. The van der Waals surface area contributed by atoms with Crippen LogP contribution in [0.2, 0.25) is 15.1 Å². The van der Waals surface area contributed by atoms with E-state index in [9.17, 15) is 9.59 Å². The number of nitrogens with zero attached hydrogens (tertiary/aromatic N) is 1. The van der Waals surface area contributed by atoms with Gasteiger partial charge in [0.2, 0.25) is 5.91 Å². The third-order valence-electron chi connectivity index (χ3n) is 8.37. The van der Waals surface area contributed by atoms with E-state index in [0.717, 1.165) is 30.5 Å². The number of carbonyl (C=O) groups is 2. The lowest BCUT2D eigenvalue weighted by Gasteiger charge is -2.36. The number of halogens is 3. The van der Waals surface area contributed by atoms with Gasteiger partial charge in [0, 0.05) is 25.2 Å². The smallest absolute Gasteiger partial charge is 0.253 e. The average molecular weight is 659 g/mol. The van der Waals surface area contributed by atoms with Crippen LogP contribution in [0.4, 0.5) is 0 Å². The highest BCUT2D eigenvalue weighted by atomic mass is 35.5. The van der Waals surface area contributed by atoms with Gasteiger partial charge in [0.1, 0.15) is 19.0 Å². The fraction of sp³-hybridized carbons (Fsp3) is 0.412. The van der Waals surface area contributed by atoms with Crippen molar-refractivity contribution in [3.63, 3.8) is 0 Å². The topological polar surface area (TPSA) is 79.9 Å². The highest BCUT2D eigenvalue weighted by Gasteiger charge is 2.40. The van der Waals surface area contributed by atoms with Crippen molar-refractivity contribution in [1.29, 1.82) is 0 Å². The minimum atomic E-state index is -0.365. The summed E-state index contributed by atoms with van der Waals surface area (Å²) in [4.78, 5) is 29.4. The summed E-state index contributed by atoms with van der Waals surface area (Å²) in [5.74, 6) is 0.308. The summed E-state index contributed by atoms with van der Waals surface area (Å²) in [6.45, 7) is 8.36. The van der Waals surface area contributed by atoms with Crippen LogP contribution in [0.5, 0.6) is 11.5 Å². The molecule has 2 amide bonds. The van der Waals surface area contributed by atoms with Crippen LogP contribution in [-0.2, 0) is 11.3 Å². The first-order chi connectivity index (χ1) is 21.1. The molecule has 1 aliphatic carbocycles. The van der Waals surface area contributed by atoms with Gasteiger partial charge in [-0.2, -0.15) is 0 Å². The minimum absolute atomic E-state index is 0.0798. The molecule has 1 aliphatic heterocycles. The molecule has 0 spiro atoms. The summed E-state index contributed by atoms with van der Waals surface area (Å²) in [5.41, 5.74) is 4.87. The van der Waals surface area contributed by atoms with Gasteiger partial charge in [0.05, 0.1) is 26.5 Å². The number of hydrogen-bond donors (Lipinski definition) is 2. The average Bonchev–Trinajstić information content (AvgIpc) is 3.82. The van der Waals surface area contributed by atoms with Gasteiger partial charge in [0.15, 0.2) is 5.75 Å². The second-order valence-electron chi connectivity index (χ2n) is 11.6. The second-order valence-corrected chi connectivity index (χ2v) is 12.9. The molecule has 7 nitrogen and oxygen atoms in total. The number of rotatable bonds is 11. The molecule has 3 aromatic carbocycles.